The van der Waals surface area contributed by atoms with Crippen LogP contribution >= 0.6 is 0 Å². The Bertz CT molecular complexity index is 2060. The highest BCUT2D eigenvalue weighted by molar-refractivity contribution is 6.10. The lowest BCUT2D eigenvalue weighted by Gasteiger charge is -2.28. The number of allylic oxidation sites excluding steroid dienone is 1. The molecule has 0 fully saturated rings. The molecule has 0 saturated carbocycles. The largest absolute Gasteiger partial charge is 0.395 e. The number of aromatic nitrogens is 3. The zero-order chi connectivity index (χ0) is 35.4. The molecule has 0 spiro atoms. The molecule has 2 N–H and O–H groups in total. The van der Waals surface area contributed by atoms with Gasteiger partial charge in [0.1, 0.15) is 0 Å². The maximum atomic E-state index is 14.3. The van der Waals surface area contributed by atoms with Crippen LogP contribution < -0.4 is 9.91 Å². The quantitative estimate of drug-likeness (QED) is 0.157. The van der Waals surface area contributed by atoms with Crippen molar-refractivity contribution in [3.05, 3.63) is 155 Å². The fourth-order valence-corrected chi connectivity index (χ4v) is 6.87. The lowest BCUT2D eigenvalue weighted by atomic mass is 9.82. The number of benzene rings is 4. The molecular formula is C41H40N6O4. The summed E-state index contributed by atoms with van der Waals surface area (Å²) < 4.78 is 1.73. The van der Waals surface area contributed by atoms with Gasteiger partial charge >= 0.3 is 0 Å². The van der Waals surface area contributed by atoms with Gasteiger partial charge in [-0.15, -0.1) is 5.10 Å². The zero-order valence-corrected chi connectivity index (χ0v) is 28.4. The van der Waals surface area contributed by atoms with Crippen LogP contribution in [0.1, 0.15) is 60.1 Å². The van der Waals surface area contributed by atoms with E-state index < -0.39 is 17.4 Å². The van der Waals surface area contributed by atoms with Crippen molar-refractivity contribution in [2.24, 2.45) is 11.0 Å². The van der Waals surface area contributed by atoms with Gasteiger partial charge in [0.25, 0.3) is 5.91 Å². The van der Waals surface area contributed by atoms with Gasteiger partial charge in [-0.2, -0.15) is 5.10 Å². The standard InChI is InChI=1S/C41H40N6O4/c1-29(13-11-12-24-45-27-37(42-44-45)34(28-48)31-16-7-3-8-17-31)41(51)35-25-33(47-39(49)23-21-36(43-47)32-18-9-4-10-19-32)20-22-38(35)46(40(41)50)26-30-14-5-2-6-15-30/h2-11,13-20,22,25,27,29,34,48,51H,12,21,23-24,26,28H2,1H3/b13-11+/t29-,34?,41+/m1/s1. The lowest BCUT2D eigenvalue weighted by molar-refractivity contribution is -0.139. The van der Waals surface area contributed by atoms with E-state index >= 15 is 0 Å². The summed E-state index contributed by atoms with van der Waals surface area (Å²) in [6.45, 7) is 2.56. The molecule has 2 amide bonds. The van der Waals surface area contributed by atoms with Crippen LogP contribution in [-0.2, 0) is 28.3 Å². The Kier molecular flexibility index (Phi) is 9.70. The number of aliphatic hydroxyl groups excluding tert-OH is 1. The highest BCUT2D eigenvalue weighted by Crippen LogP contribution is 2.47. The normalized spacial score (nSPS) is 18.6. The van der Waals surface area contributed by atoms with Crippen LogP contribution in [0.3, 0.4) is 0 Å². The number of carbonyl (C=O) groups is 2. The van der Waals surface area contributed by atoms with Gasteiger partial charge in [-0.05, 0) is 41.3 Å². The van der Waals surface area contributed by atoms with Crippen molar-refractivity contribution in [3.8, 4) is 0 Å². The molecule has 10 heteroatoms. The number of hydrazone groups is 1. The molecule has 10 nitrogen and oxygen atoms in total. The number of hydrogen-bond acceptors (Lipinski definition) is 7. The monoisotopic (exact) mass is 680 g/mol. The van der Waals surface area contributed by atoms with Crippen molar-refractivity contribution in [3.63, 3.8) is 0 Å². The molecule has 1 aromatic heterocycles. The van der Waals surface area contributed by atoms with E-state index in [2.05, 4.69) is 10.3 Å². The van der Waals surface area contributed by atoms with Gasteiger partial charge < -0.3 is 15.1 Å². The van der Waals surface area contributed by atoms with Gasteiger partial charge in [0.2, 0.25) is 5.91 Å². The van der Waals surface area contributed by atoms with Crippen LogP contribution in [-0.4, -0.2) is 49.3 Å². The first-order chi connectivity index (χ1) is 24.9. The summed E-state index contributed by atoms with van der Waals surface area (Å²) in [6, 6.07) is 34.5. The maximum Gasteiger partial charge on any atom is 0.264 e. The minimum Gasteiger partial charge on any atom is -0.395 e. The van der Waals surface area contributed by atoms with E-state index in [1.807, 2.05) is 116 Å². The molecule has 3 atom stereocenters. The Balaban J connectivity index is 1.14. The second-order valence-electron chi connectivity index (χ2n) is 13.0. The molecule has 2 aliphatic rings. The molecule has 51 heavy (non-hydrogen) atoms. The Labute approximate surface area is 297 Å². The summed E-state index contributed by atoms with van der Waals surface area (Å²) in [5.41, 5.74) is 3.97. The van der Waals surface area contributed by atoms with Crippen LogP contribution in [0.2, 0.25) is 0 Å². The fourth-order valence-electron chi connectivity index (χ4n) is 6.87. The Morgan fingerprint density at radius 3 is 2.33 bits per heavy atom. The van der Waals surface area contributed by atoms with Crippen LogP contribution in [0, 0.1) is 5.92 Å². The number of hydrogen-bond donors (Lipinski definition) is 2. The summed E-state index contributed by atoms with van der Waals surface area (Å²) >= 11 is 0. The van der Waals surface area contributed by atoms with Crippen molar-refractivity contribution < 1.29 is 19.8 Å². The third-order valence-corrected chi connectivity index (χ3v) is 9.73. The van der Waals surface area contributed by atoms with Crippen LogP contribution in [0.25, 0.3) is 0 Å². The average Bonchev–Trinajstić information content (AvgIpc) is 3.72. The minimum atomic E-state index is -1.88. The van der Waals surface area contributed by atoms with Crippen molar-refractivity contribution in [1.29, 1.82) is 0 Å². The highest BCUT2D eigenvalue weighted by Gasteiger charge is 2.52. The molecule has 5 aromatic rings. The summed E-state index contributed by atoms with van der Waals surface area (Å²) in [7, 11) is 0. The molecule has 3 heterocycles. The van der Waals surface area contributed by atoms with Crippen molar-refractivity contribution >= 4 is 28.9 Å². The Morgan fingerprint density at radius 2 is 1.61 bits per heavy atom. The minimum absolute atomic E-state index is 0.0797. The van der Waals surface area contributed by atoms with Gasteiger partial charge in [0.15, 0.2) is 5.60 Å². The topological polar surface area (TPSA) is 124 Å². The smallest absolute Gasteiger partial charge is 0.264 e. The second kappa shape index (κ2) is 14.6. The molecule has 0 radical (unpaired) electrons. The maximum absolute atomic E-state index is 14.3. The number of aryl methyl sites for hydroxylation is 1. The van der Waals surface area contributed by atoms with Crippen LogP contribution in [0.15, 0.2) is 133 Å². The first-order valence-electron chi connectivity index (χ1n) is 17.3. The zero-order valence-electron chi connectivity index (χ0n) is 28.4. The van der Waals surface area contributed by atoms with Crippen LogP contribution in [0.5, 0.6) is 0 Å². The molecule has 0 saturated heterocycles. The summed E-state index contributed by atoms with van der Waals surface area (Å²) in [5.74, 6) is -1.45. The molecular weight excluding hydrogens is 640 g/mol. The molecule has 7 rings (SSSR count). The van der Waals surface area contributed by atoms with Gasteiger partial charge in [-0.3, -0.25) is 14.3 Å². The third-order valence-electron chi connectivity index (χ3n) is 9.73. The van der Waals surface area contributed by atoms with Gasteiger partial charge in [-0.25, -0.2) is 5.01 Å². The lowest BCUT2D eigenvalue weighted by Crippen LogP contribution is -2.44. The van der Waals surface area contributed by atoms with E-state index in [-0.39, 0.29) is 25.0 Å². The van der Waals surface area contributed by atoms with E-state index in [9.17, 15) is 19.8 Å². The number of nitrogens with zero attached hydrogens (tertiary/aromatic N) is 6. The summed E-state index contributed by atoms with van der Waals surface area (Å²) in [6.07, 6.45) is 7.04. The number of fused-ring (bicyclic) bond motifs is 1. The van der Waals surface area contributed by atoms with Gasteiger partial charge in [0.05, 0.1) is 41.8 Å². The number of aliphatic hydroxyl groups is 2. The van der Waals surface area contributed by atoms with Gasteiger partial charge in [-0.1, -0.05) is 115 Å². The van der Waals surface area contributed by atoms with E-state index in [1.54, 1.807) is 27.8 Å². The molecule has 1 unspecified atom stereocenters. The Morgan fingerprint density at radius 1 is 0.902 bits per heavy atom. The summed E-state index contributed by atoms with van der Waals surface area (Å²) in [5, 5.41) is 37.2. The van der Waals surface area contributed by atoms with Crippen molar-refractivity contribution in [1.82, 2.24) is 15.0 Å². The van der Waals surface area contributed by atoms with Crippen molar-refractivity contribution in [2.75, 3.05) is 16.5 Å². The summed E-state index contributed by atoms with van der Waals surface area (Å²) in [4.78, 5) is 29.1. The molecule has 2 aliphatic heterocycles. The first kappa shape index (κ1) is 33.8. The number of amides is 2. The predicted molar refractivity (Wildman–Crippen MR) is 196 cm³/mol. The van der Waals surface area contributed by atoms with Crippen molar-refractivity contribution in [2.45, 2.75) is 50.8 Å². The van der Waals surface area contributed by atoms with E-state index in [4.69, 9.17) is 5.10 Å². The van der Waals surface area contributed by atoms with Gasteiger partial charge in [0, 0.05) is 37.1 Å². The number of anilines is 2. The SMILES string of the molecule is C[C@H](/C=C/CCn1cc(C(CO)c2ccccc2)nn1)[C@@]1(O)C(=O)N(Cc2ccccc2)c2ccc(N3N=C(c4ccccc4)CCC3=O)cc21. The molecule has 0 aliphatic carbocycles. The molecule has 4 aromatic carbocycles. The number of rotatable bonds is 12. The fraction of sp³-hybridized carbons (Fsp3) is 0.244. The molecule has 0 bridgehead atoms. The Hall–Kier alpha value is -5.71. The van der Waals surface area contributed by atoms with E-state index in [0.717, 1.165) is 22.4 Å². The average molecular weight is 681 g/mol. The highest BCUT2D eigenvalue weighted by atomic mass is 16.3. The molecule has 258 valence electrons. The van der Waals surface area contributed by atoms with E-state index in [1.165, 1.54) is 5.01 Å². The number of carbonyl (C=O) groups excluding carboxylic acids is 2. The van der Waals surface area contributed by atoms with E-state index in [0.29, 0.717) is 48.4 Å². The first-order valence-corrected chi connectivity index (χ1v) is 17.3. The second-order valence-corrected chi connectivity index (χ2v) is 13.0. The third kappa shape index (κ3) is 6.75. The van der Waals surface area contributed by atoms with Crippen LogP contribution in [0.4, 0.5) is 11.4 Å². The predicted octanol–water partition coefficient (Wildman–Crippen LogP) is 5.95.